The van der Waals surface area contributed by atoms with Crippen molar-refractivity contribution < 1.29 is 59.1 Å². The molecule has 0 fully saturated rings. The molecule has 10 atom stereocenters. The summed E-state index contributed by atoms with van der Waals surface area (Å²) < 4.78 is 0. The molecule has 0 aliphatic carbocycles. The predicted molar refractivity (Wildman–Crippen MR) is 173 cm³/mol. The van der Waals surface area contributed by atoms with Crippen LogP contribution in [0.25, 0.3) is 0 Å². The van der Waals surface area contributed by atoms with E-state index >= 15 is 0 Å². The van der Waals surface area contributed by atoms with Gasteiger partial charge in [-0.2, -0.15) is 0 Å². The number of nitrogens with two attached hydrogens (primary N) is 2. The fraction of sp³-hybridized carbons (Fsp3) is 0.759. The lowest BCUT2D eigenvalue weighted by molar-refractivity contribution is -0.142. The van der Waals surface area contributed by atoms with Crippen molar-refractivity contribution in [2.45, 2.75) is 121 Å². The lowest BCUT2D eigenvalue weighted by atomic mass is 10.0. The van der Waals surface area contributed by atoms with Gasteiger partial charge in [-0.25, -0.2) is 0 Å². The summed E-state index contributed by atoms with van der Waals surface area (Å²) in [5, 5.41) is 62.5. The molecule has 0 aliphatic heterocycles. The van der Waals surface area contributed by atoms with Gasteiger partial charge in [-0.05, 0) is 59.4 Å². The molecular formula is C29H54N8O12. The van der Waals surface area contributed by atoms with Gasteiger partial charge in [0.25, 0.3) is 0 Å². The molecule has 6 amide bonds. The Bertz CT molecular complexity index is 1140. The van der Waals surface area contributed by atoms with E-state index in [1.807, 2.05) is 0 Å². The summed E-state index contributed by atoms with van der Waals surface area (Å²) in [5.41, 5.74) is 11.0. The van der Waals surface area contributed by atoms with E-state index in [1.165, 1.54) is 13.8 Å². The lowest BCUT2D eigenvalue weighted by Gasteiger charge is -2.30. The smallest absolute Gasteiger partial charge is 0.325 e. The van der Waals surface area contributed by atoms with Crippen LogP contribution in [-0.4, -0.2) is 141 Å². The van der Waals surface area contributed by atoms with Crippen molar-refractivity contribution in [1.29, 1.82) is 0 Å². The Hall–Kier alpha value is -3.95. The summed E-state index contributed by atoms with van der Waals surface area (Å²) in [6, 6.07) is -10.4. The van der Waals surface area contributed by atoms with E-state index in [1.54, 1.807) is 13.8 Å². The molecule has 282 valence electrons. The van der Waals surface area contributed by atoms with Crippen LogP contribution < -0.4 is 43.4 Å². The van der Waals surface area contributed by atoms with Gasteiger partial charge in [0, 0.05) is 0 Å². The summed E-state index contributed by atoms with van der Waals surface area (Å²) in [7, 11) is 0. The predicted octanol–water partition coefficient (Wildman–Crippen LogP) is -5.75. The zero-order valence-corrected chi connectivity index (χ0v) is 28.6. The van der Waals surface area contributed by atoms with Crippen molar-refractivity contribution in [2.24, 2.45) is 17.4 Å². The normalized spacial score (nSPS) is 17.4. The second-order valence-corrected chi connectivity index (χ2v) is 12.1. The monoisotopic (exact) mass is 706 g/mol. The minimum atomic E-state index is -1.77. The molecule has 0 bridgehead atoms. The number of rotatable bonds is 22. The molecule has 15 N–H and O–H groups in total. The summed E-state index contributed by atoms with van der Waals surface area (Å²) in [6.07, 6.45) is -3.45. The van der Waals surface area contributed by atoms with Crippen molar-refractivity contribution in [3.63, 3.8) is 0 Å². The Morgan fingerprint density at radius 1 is 0.571 bits per heavy atom. The first-order valence-electron chi connectivity index (χ1n) is 15.9. The van der Waals surface area contributed by atoms with E-state index in [0.29, 0.717) is 19.4 Å². The highest BCUT2D eigenvalue weighted by molar-refractivity contribution is 5.97. The molecule has 0 aromatic carbocycles. The van der Waals surface area contributed by atoms with Crippen LogP contribution >= 0.6 is 0 Å². The number of carboxylic acids is 1. The highest BCUT2D eigenvalue weighted by atomic mass is 16.4. The number of carboxylic acid groups (broad SMARTS) is 1. The molecule has 0 radical (unpaired) electrons. The van der Waals surface area contributed by atoms with Crippen molar-refractivity contribution in [3.8, 4) is 0 Å². The zero-order valence-electron chi connectivity index (χ0n) is 28.6. The summed E-state index contributed by atoms with van der Waals surface area (Å²) in [6.45, 7) is 7.23. The van der Waals surface area contributed by atoms with Gasteiger partial charge in [0.15, 0.2) is 0 Å². The van der Waals surface area contributed by atoms with Crippen molar-refractivity contribution in [3.05, 3.63) is 0 Å². The van der Waals surface area contributed by atoms with E-state index in [-0.39, 0.29) is 6.42 Å². The molecule has 0 rings (SSSR count). The second kappa shape index (κ2) is 21.9. The average molecular weight is 707 g/mol. The Morgan fingerprint density at radius 3 is 1.41 bits per heavy atom. The quantitative estimate of drug-likeness (QED) is 0.0467. The number of carbonyl (C=O) groups is 7. The highest BCUT2D eigenvalue weighted by Gasteiger charge is 2.37. The van der Waals surface area contributed by atoms with E-state index in [0.717, 1.165) is 13.8 Å². The Labute approximate surface area is 284 Å². The lowest BCUT2D eigenvalue weighted by Crippen LogP contribution is -2.64. The maximum atomic E-state index is 13.3. The third-order valence-electron chi connectivity index (χ3n) is 7.32. The number of aliphatic carboxylic acids is 1. The van der Waals surface area contributed by atoms with Gasteiger partial charge >= 0.3 is 5.97 Å². The van der Waals surface area contributed by atoms with Crippen LogP contribution in [-0.2, 0) is 33.6 Å². The SMILES string of the molecule is CC(C)[C@H](NC(=O)[C@@H](NC(=O)[C@@H](NC(=O)[C@H](CO)NC(=O)[C@@H](N)[C@@H](C)O)[C@@H](C)O)[C@@H](C)O)C(=O)N[C@@H](CCCCN)C(=O)N[C@@H](C)C(=O)O. The molecule has 0 saturated carbocycles. The van der Waals surface area contributed by atoms with Crippen molar-refractivity contribution >= 4 is 41.4 Å². The van der Waals surface area contributed by atoms with Crippen LogP contribution in [0.2, 0.25) is 0 Å². The number of carbonyl (C=O) groups excluding carboxylic acids is 6. The Balaban J connectivity index is 5.91. The van der Waals surface area contributed by atoms with E-state index in [2.05, 4.69) is 31.9 Å². The molecule has 0 spiro atoms. The standard InChI is InChI=1S/C29H54N8O12/c1-12(2)20(26(45)33-17(9-7-8-10-30)23(42)32-13(3)29(48)49)35-27(46)22(16(6)41)37-28(47)21(15(5)40)36-24(43)18(11-38)34-25(44)19(31)14(4)39/h12-22,38-41H,7-11,30-31H2,1-6H3,(H,32,42)(H,33,45)(H,34,44)(H,35,46)(H,36,43)(H,37,47)(H,48,49)/t13-,14+,15+,16+,17-,18-,19-,20-,21-,22-/m0/s1. The van der Waals surface area contributed by atoms with Crippen LogP contribution in [0.15, 0.2) is 0 Å². The highest BCUT2D eigenvalue weighted by Crippen LogP contribution is 2.08. The number of hydrogen-bond donors (Lipinski definition) is 13. The molecule has 20 nitrogen and oxygen atoms in total. The fourth-order valence-corrected chi connectivity index (χ4v) is 4.17. The molecule has 20 heteroatoms. The number of nitrogens with one attached hydrogen (secondary N) is 6. The van der Waals surface area contributed by atoms with Gasteiger partial charge in [-0.3, -0.25) is 33.6 Å². The van der Waals surface area contributed by atoms with Crippen LogP contribution in [0.4, 0.5) is 0 Å². The summed E-state index contributed by atoms with van der Waals surface area (Å²) in [5.74, 6) is -7.83. The van der Waals surface area contributed by atoms with E-state index in [9.17, 15) is 54.0 Å². The zero-order chi connectivity index (χ0) is 38.2. The minimum Gasteiger partial charge on any atom is -0.480 e. The molecule has 0 aromatic rings. The fourth-order valence-electron chi connectivity index (χ4n) is 4.17. The number of aliphatic hydroxyl groups excluding tert-OH is 4. The maximum absolute atomic E-state index is 13.3. The molecule has 0 heterocycles. The number of aliphatic hydroxyl groups is 4. The van der Waals surface area contributed by atoms with Gasteiger partial charge in [0.2, 0.25) is 35.4 Å². The van der Waals surface area contributed by atoms with E-state index in [4.69, 9.17) is 16.6 Å². The molecule has 0 aliphatic rings. The largest absolute Gasteiger partial charge is 0.480 e. The maximum Gasteiger partial charge on any atom is 0.325 e. The number of amides is 6. The van der Waals surface area contributed by atoms with Gasteiger partial charge in [-0.1, -0.05) is 13.8 Å². The van der Waals surface area contributed by atoms with Gasteiger partial charge in [0.1, 0.15) is 42.3 Å². The molecular weight excluding hydrogens is 652 g/mol. The molecule has 0 aromatic heterocycles. The van der Waals surface area contributed by atoms with Crippen LogP contribution in [0, 0.1) is 5.92 Å². The van der Waals surface area contributed by atoms with Gasteiger partial charge < -0.3 is 68.9 Å². The number of unbranched alkanes of at least 4 members (excludes halogenated alkanes) is 1. The average Bonchev–Trinajstić information content (AvgIpc) is 3.01. The van der Waals surface area contributed by atoms with Crippen molar-refractivity contribution in [1.82, 2.24) is 31.9 Å². The topological polar surface area (TPSA) is 345 Å². The van der Waals surface area contributed by atoms with Gasteiger partial charge in [-0.15, -0.1) is 0 Å². The van der Waals surface area contributed by atoms with Crippen LogP contribution in [0.5, 0.6) is 0 Å². The Kier molecular flexibility index (Phi) is 20.1. The van der Waals surface area contributed by atoms with Crippen LogP contribution in [0.3, 0.4) is 0 Å². The summed E-state index contributed by atoms with van der Waals surface area (Å²) in [4.78, 5) is 88.7. The second-order valence-electron chi connectivity index (χ2n) is 12.1. The third kappa shape index (κ3) is 15.4. The molecule has 49 heavy (non-hydrogen) atoms. The van der Waals surface area contributed by atoms with Crippen LogP contribution in [0.1, 0.15) is 60.8 Å². The summed E-state index contributed by atoms with van der Waals surface area (Å²) >= 11 is 0. The first-order valence-corrected chi connectivity index (χ1v) is 15.9. The first kappa shape index (κ1) is 45.0. The van der Waals surface area contributed by atoms with Gasteiger partial charge in [0.05, 0.1) is 24.9 Å². The first-order chi connectivity index (χ1) is 22.7. The third-order valence-corrected chi connectivity index (χ3v) is 7.32. The molecule has 0 unspecified atom stereocenters. The Morgan fingerprint density at radius 2 is 1.00 bits per heavy atom. The van der Waals surface area contributed by atoms with Crippen molar-refractivity contribution in [2.75, 3.05) is 13.2 Å². The van der Waals surface area contributed by atoms with E-state index < -0.39 is 115 Å². The number of hydrogen-bond acceptors (Lipinski definition) is 13. The minimum absolute atomic E-state index is 0.104. The molecule has 0 saturated heterocycles.